The zero-order chi connectivity index (χ0) is 37.0. The van der Waals surface area contributed by atoms with Gasteiger partial charge in [0, 0.05) is 68.9 Å². The molecule has 0 unspecified atom stereocenters. The Morgan fingerprint density at radius 2 is 1.58 bits per heavy atom. The molecule has 0 saturated carbocycles. The summed E-state index contributed by atoms with van der Waals surface area (Å²) in [6, 6.07) is 16.2. The number of para-hydroxylation sites is 1. The Labute approximate surface area is 302 Å². The normalized spacial score (nSPS) is 13.1. The first-order valence-electron chi connectivity index (χ1n) is 16.6. The lowest BCUT2D eigenvalue weighted by Gasteiger charge is -2.32. The van der Waals surface area contributed by atoms with E-state index >= 15 is 0 Å². The minimum atomic E-state index is -0.886. The molecule has 5 rings (SSSR count). The summed E-state index contributed by atoms with van der Waals surface area (Å²) in [5.41, 5.74) is 0.898. The van der Waals surface area contributed by atoms with E-state index in [1.807, 2.05) is 0 Å². The lowest BCUT2D eigenvalue weighted by molar-refractivity contribution is 0.0598. The van der Waals surface area contributed by atoms with Crippen molar-refractivity contribution in [1.82, 2.24) is 19.8 Å². The minimum Gasteiger partial charge on any atom is -0.497 e. The molecule has 15 nitrogen and oxygen atoms in total. The number of nitrogens with zero attached hydrogens (tertiary/aromatic N) is 5. The monoisotopic (exact) mass is 716 g/mol. The Morgan fingerprint density at radius 1 is 0.827 bits per heavy atom. The van der Waals surface area contributed by atoms with Gasteiger partial charge in [-0.3, -0.25) is 0 Å². The molecule has 0 radical (unpaired) electrons. The molecule has 1 amide bonds. The van der Waals surface area contributed by atoms with Gasteiger partial charge in [-0.1, -0.05) is 12.1 Å². The van der Waals surface area contributed by atoms with Crippen LogP contribution in [0.3, 0.4) is 0 Å². The zero-order valence-corrected chi connectivity index (χ0v) is 30.2. The van der Waals surface area contributed by atoms with Crippen LogP contribution in [0, 0.1) is 0 Å². The molecule has 3 aromatic carbocycles. The Hall–Kier alpha value is -5.80. The number of methoxy groups -OCH3 is 5. The van der Waals surface area contributed by atoms with Crippen LogP contribution in [0.25, 0.3) is 0 Å². The molecule has 15 heteroatoms. The van der Waals surface area contributed by atoms with E-state index in [9.17, 15) is 9.59 Å². The number of anilines is 4. The number of likely N-dealkylation sites (N-methyl/N-ethyl adjacent to an activating group) is 1. The third-order valence-electron chi connectivity index (χ3n) is 8.34. The van der Waals surface area contributed by atoms with Crippen molar-refractivity contribution in [3.63, 3.8) is 0 Å². The number of amides is 1. The summed E-state index contributed by atoms with van der Waals surface area (Å²) in [6.45, 7) is 5.58. The van der Waals surface area contributed by atoms with E-state index in [0.717, 1.165) is 39.1 Å². The number of benzene rings is 3. The SMILES string of the molecule is COC(=O)c1ccccc1OC(=O)N(c1ccnc(Nc2cc(OC)c(OC)c(OCCCN3CCN(C)CC3)c2)n1)c1ccc(OC)cc1OC. The van der Waals surface area contributed by atoms with Gasteiger partial charge in [-0.15, -0.1) is 0 Å². The molecule has 0 bridgehead atoms. The number of ether oxygens (including phenoxy) is 7. The number of piperazine rings is 1. The van der Waals surface area contributed by atoms with Gasteiger partial charge in [0.2, 0.25) is 11.7 Å². The molecule has 2 heterocycles. The lowest BCUT2D eigenvalue weighted by Crippen LogP contribution is -2.44. The Morgan fingerprint density at radius 3 is 2.29 bits per heavy atom. The summed E-state index contributed by atoms with van der Waals surface area (Å²) in [4.78, 5) is 41.5. The van der Waals surface area contributed by atoms with Crippen LogP contribution in [0.1, 0.15) is 16.8 Å². The van der Waals surface area contributed by atoms with Crippen molar-refractivity contribution in [1.29, 1.82) is 0 Å². The Bertz CT molecular complexity index is 1830. The van der Waals surface area contributed by atoms with Crippen molar-refractivity contribution in [3.05, 3.63) is 72.4 Å². The van der Waals surface area contributed by atoms with Gasteiger partial charge in [-0.05, 0) is 37.7 Å². The fraction of sp³-hybridized carbons (Fsp3) is 0.351. The predicted octanol–water partition coefficient (Wildman–Crippen LogP) is 5.39. The Kier molecular flexibility index (Phi) is 12.9. The number of nitrogens with one attached hydrogen (secondary N) is 1. The highest BCUT2D eigenvalue weighted by atomic mass is 16.6. The smallest absolute Gasteiger partial charge is 0.425 e. The molecule has 0 atom stereocenters. The van der Waals surface area contributed by atoms with E-state index < -0.39 is 12.1 Å². The maximum absolute atomic E-state index is 14.0. The van der Waals surface area contributed by atoms with Gasteiger partial charge in [0.1, 0.15) is 28.6 Å². The topological polar surface area (TPSA) is 146 Å². The van der Waals surface area contributed by atoms with E-state index in [1.54, 1.807) is 56.7 Å². The highest BCUT2D eigenvalue weighted by Gasteiger charge is 2.28. The van der Waals surface area contributed by atoms with Crippen LogP contribution >= 0.6 is 0 Å². The lowest BCUT2D eigenvalue weighted by atomic mass is 10.2. The molecule has 1 N–H and O–H groups in total. The molecule has 0 aliphatic carbocycles. The molecular weight excluding hydrogens is 672 g/mol. The first-order chi connectivity index (χ1) is 25.3. The molecule has 0 spiro atoms. The number of carbonyl (C=O) groups excluding carboxylic acids is 2. The first-order valence-corrected chi connectivity index (χ1v) is 16.6. The maximum atomic E-state index is 14.0. The van der Waals surface area contributed by atoms with E-state index in [2.05, 4.69) is 32.1 Å². The van der Waals surface area contributed by atoms with Gasteiger partial charge < -0.3 is 48.3 Å². The highest BCUT2D eigenvalue weighted by molar-refractivity contribution is 6.00. The number of rotatable bonds is 15. The summed E-state index contributed by atoms with van der Waals surface area (Å²) in [6.07, 6.45) is 1.44. The van der Waals surface area contributed by atoms with Crippen LogP contribution in [0.2, 0.25) is 0 Å². The van der Waals surface area contributed by atoms with Crippen molar-refractivity contribution in [2.24, 2.45) is 0 Å². The summed E-state index contributed by atoms with van der Waals surface area (Å²) >= 11 is 0. The standard InChI is InChI=1S/C37H44N6O9/c1-41-17-19-42(20-18-41)16-9-21-51-32-23-25(22-31(48-4)34(32)49-5)39-36-38-15-14-33(40-36)43(28-13-12-26(46-2)24-30(28)47-3)37(45)52-29-11-8-7-10-27(29)35(44)50-6/h7-8,10-15,22-24H,9,16-21H2,1-6H3,(H,38,39,40). The zero-order valence-electron chi connectivity index (χ0n) is 30.2. The van der Waals surface area contributed by atoms with Crippen molar-refractivity contribution >= 4 is 35.2 Å². The van der Waals surface area contributed by atoms with Gasteiger partial charge in [0.05, 0.1) is 47.8 Å². The Balaban J connectivity index is 1.43. The van der Waals surface area contributed by atoms with E-state index in [1.165, 1.54) is 50.6 Å². The van der Waals surface area contributed by atoms with E-state index in [0.29, 0.717) is 41.0 Å². The molecule has 4 aromatic rings. The number of carbonyl (C=O) groups is 2. The fourth-order valence-electron chi connectivity index (χ4n) is 5.57. The molecule has 1 fully saturated rings. The van der Waals surface area contributed by atoms with E-state index in [-0.39, 0.29) is 28.8 Å². The van der Waals surface area contributed by atoms with Gasteiger partial charge in [0.15, 0.2) is 11.5 Å². The summed E-state index contributed by atoms with van der Waals surface area (Å²) in [5.74, 6) is 1.76. The molecule has 1 saturated heterocycles. The molecule has 1 aliphatic rings. The van der Waals surface area contributed by atoms with Crippen molar-refractivity contribution in [2.75, 3.05) is 92.1 Å². The largest absolute Gasteiger partial charge is 0.497 e. The third-order valence-corrected chi connectivity index (χ3v) is 8.34. The number of esters is 1. The second-order valence-corrected chi connectivity index (χ2v) is 11.6. The number of hydrogen-bond acceptors (Lipinski definition) is 14. The van der Waals surface area contributed by atoms with Gasteiger partial charge in [-0.2, -0.15) is 4.98 Å². The predicted molar refractivity (Wildman–Crippen MR) is 194 cm³/mol. The van der Waals surface area contributed by atoms with Crippen molar-refractivity contribution < 1.29 is 42.7 Å². The van der Waals surface area contributed by atoms with Crippen LogP contribution in [-0.2, 0) is 4.74 Å². The first kappa shape index (κ1) is 37.5. The van der Waals surface area contributed by atoms with Crippen LogP contribution in [0.5, 0.6) is 34.5 Å². The van der Waals surface area contributed by atoms with Crippen LogP contribution in [0.15, 0.2) is 66.9 Å². The van der Waals surface area contributed by atoms with Crippen LogP contribution < -0.4 is 38.6 Å². The number of hydrogen-bond donors (Lipinski definition) is 1. The molecule has 1 aromatic heterocycles. The summed E-state index contributed by atoms with van der Waals surface area (Å²) in [5, 5.41) is 3.19. The average molecular weight is 717 g/mol. The molecule has 52 heavy (non-hydrogen) atoms. The molecule has 1 aliphatic heterocycles. The van der Waals surface area contributed by atoms with Gasteiger partial charge >= 0.3 is 12.1 Å². The summed E-state index contributed by atoms with van der Waals surface area (Å²) < 4.78 is 39.1. The second kappa shape index (κ2) is 17.9. The fourth-order valence-corrected chi connectivity index (χ4v) is 5.57. The molecular formula is C37H44N6O9. The van der Waals surface area contributed by atoms with Crippen molar-refractivity contribution in [2.45, 2.75) is 6.42 Å². The van der Waals surface area contributed by atoms with Gasteiger partial charge in [-0.25, -0.2) is 19.5 Å². The summed E-state index contributed by atoms with van der Waals surface area (Å²) in [7, 11) is 9.46. The highest BCUT2D eigenvalue weighted by Crippen LogP contribution is 2.41. The van der Waals surface area contributed by atoms with Crippen LogP contribution in [-0.4, -0.2) is 114 Å². The second-order valence-electron chi connectivity index (χ2n) is 11.6. The van der Waals surface area contributed by atoms with E-state index in [4.69, 9.17) is 33.2 Å². The van der Waals surface area contributed by atoms with Gasteiger partial charge in [0.25, 0.3) is 0 Å². The van der Waals surface area contributed by atoms with Crippen molar-refractivity contribution in [3.8, 4) is 34.5 Å². The third kappa shape index (κ3) is 9.10. The minimum absolute atomic E-state index is 0.00868. The number of aromatic nitrogens is 2. The molecule has 276 valence electrons. The van der Waals surface area contributed by atoms with Crippen LogP contribution in [0.4, 0.5) is 27.9 Å². The average Bonchev–Trinajstić information content (AvgIpc) is 3.17. The quantitative estimate of drug-likeness (QED) is 0.124. The maximum Gasteiger partial charge on any atom is 0.425 e.